The van der Waals surface area contributed by atoms with Crippen LogP contribution in [-0.2, 0) is 11.3 Å². The van der Waals surface area contributed by atoms with E-state index in [1.807, 2.05) is 19.1 Å². The summed E-state index contributed by atoms with van der Waals surface area (Å²) in [7, 11) is 0. The third kappa shape index (κ3) is 3.35. The summed E-state index contributed by atoms with van der Waals surface area (Å²) in [6, 6.07) is 5.50. The molecule has 0 fully saturated rings. The van der Waals surface area contributed by atoms with E-state index in [4.69, 9.17) is 5.11 Å². The van der Waals surface area contributed by atoms with Gasteiger partial charge in [0.25, 0.3) is 5.91 Å². The highest BCUT2D eigenvalue weighted by molar-refractivity contribution is 14.1. The number of aromatic nitrogens is 2. The van der Waals surface area contributed by atoms with Crippen LogP contribution in [0.2, 0.25) is 0 Å². The van der Waals surface area contributed by atoms with Crippen molar-refractivity contribution in [2.75, 3.05) is 5.32 Å². The molecule has 2 N–H and O–H groups in total. The number of halogens is 1. The molecule has 2 aromatic rings. The molecule has 0 aliphatic heterocycles. The molecule has 0 aliphatic rings. The van der Waals surface area contributed by atoms with Gasteiger partial charge in [-0.3, -0.25) is 14.3 Å². The molecule has 7 heteroatoms. The Morgan fingerprint density at radius 3 is 2.90 bits per heavy atom. The monoisotopic (exact) mass is 385 g/mol. The maximum atomic E-state index is 12.1. The van der Waals surface area contributed by atoms with Crippen LogP contribution in [0, 0.1) is 10.5 Å². The van der Waals surface area contributed by atoms with Crippen molar-refractivity contribution in [3.63, 3.8) is 0 Å². The van der Waals surface area contributed by atoms with Gasteiger partial charge in [0.1, 0.15) is 6.54 Å². The third-order valence-electron chi connectivity index (χ3n) is 2.62. The minimum atomic E-state index is -0.987. The van der Waals surface area contributed by atoms with Gasteiger partial charge in [0, 0.05) is 9.77 Å². The first-order chi connectivity index (χ1) is 9.47. The number of benzene rings is 1. The topological polar surface area (TPSA) is 84.2 Å². The zero-order chi connectivity index (χ0) is 14.7. The summed E-state index contributed by atoms with van der Waals surface area (Å²) >= 11 is 2.12. The highest BCUT2D eigenvalue weighted by atomic mass is 127. The Balaban J connectivity index is 2.13. The molecule has 1 amide bonds. The van der Waals surface area contributed by atoms with Gasteiger partial charge in [0.2, 0.25) is 0 Å². The Morgan fingerprint density at radius 1 is 1.45 bits per heavy atom. The summed E-state index contributed by atoms with van der Waals surface area (Å²) in [6.45, 7) is 1.70. The fourth-order valence-electron chi connectivity index (χ4n) is 1.67. The predicted octanol–water partition coefficient (Wildman–Crippen LogP) is 2.13. The predicted molar refractivity (Wildman–Crippen MR) is 81.7 cm³/mol. The largest absolute Gasteiger partial charge is 0.480 e. The Bertz CT molecular complexity index is 667. The molecular weight excluding hydrogens is 373 g/mol. The molecule has 0 unspecified atom stereocenters. The van der Waals surface area contributed by atoms with Crippen molar-refractivity contribution < 1.29 is 14.7 Å². The van der Waals surface area contributed by atoms with Gasteiger partial charge in [0.05, 0.1) is 17.4 Å². The third-order valence-corrected chi connectivity index (χ3v) is 4.06. The lowest BCUT2D eigenvalue weighted by atomic mass is 10.1. The van der Waals surface area contributed by atoms with Gasteiger partial charge >= 0.3 is 5.97 Å². The van der Waals surface area contributed by atoms with Crippen LogP contribution in [0.5, 0.6) is 0 Å². The maximum absolute atomic E-state index is 12.1. The Kier molecular flexibility index (Phi) is 4.38. The van der Waals surface area contributed by atoms with E-state index in [-0.39, 0.29) is 12.5 Å². The van der Waals surface area contributed by atoms with Gasteiger partial charge in [-0.2, -0.15) is 5.10 Å². The first kappa shape index (κ1) is 14.5. The fraction of sp³-hybridized carbons (Fsp3) is 0.154. The summed E-state index contributed by atoms with van der Waals surface area (Å²) in [5.41, 5.74) is 2.07. The van der Waals surface area contributed by atoms with E-state index in [0.29, 0.717) is 11.3 Å². The number of nitrogens with one attached hydrogen (secondary N) is 1. The lowest BCUT2D eigenvalue weighted by molar-refractivity contribution is -0.137. The Morgan fingerprint density at radius 2 is 2.20 bits per heavy atom. The molecule has 20 heavy (non-hydrogen) atoms. The molecule has 0 saturated carbocycles. The SMILES string of the molecule is Cc1cccc(C(=O)Nc2cnn(CC(=O)O)c2)c1I. The smallest absolute Gasteiger partial charge is 0.325 e. The van der Waals surface area contributed by atoms with Crippen LogP contribution >= 0.6 is 22.6 Å². The fourth-order valence-corrected chi connectivity index (χ4v) is 2.28. The average molecular weight is 385 g/mol. The van der Waals surface area contributed by atoms with E-state index < -0.39 is 5.97 Å². The molecule has 104 valence electrons. The van der Waals surface area contributed by atoms with Crippen LogP contribution in [0.1, 0.15) is 15.9 Å². The average Bonchev–Trinajstić information content (AvgIpc) is 2.79. The van der Waals surface area contributed by atoms with E-state index in [0.717, 1.165) is 9.13 Å². The number of carbonyl (C=O) groups is 2. The van der Waals surface area contributed by atoms with E-state index in [1.165, 1.54) is 17.1 Å². The molecule has 2 rings (SSSR count). The van der Waals surface area contributed by atoms with Crippen LogP contribution in [-0.4, -0.2) is 26.8 Å². The quantitative estimate of drug-likeness (QED) is 0.790. The minimum Gasteiger partial charge on any atom is -0.480 e. The number of carboxylic acid groups (broad SMARTS) is 1. The van der Waals surface area contributed by atoms with E-state index in [2.05, 4.69) is 33.0 Å². The van der Waals surface area contributed by atoms with Crippen LogP contribution < -0.4 is 5.32 Å². The second-order valence-electron chi connectivity index (χ2n) is 4.21. The molecule has 6 nitrogen and oxygen atoms in total. The van der Waals surface area contributed by atoms with Crippen molar-refractivity contribution >= 4 is 40.2 Å². The second-order valence-corrected chi connectivity index (χ2v) is 5.29. The Labute approximate surface area is 128 Å². The highest BCUT2D eigenvalue weighted by Gasteiger charge is 2.12. The first-order valence-electron chi connectivity index (χ1n) is 5.78. The zero-order valence-electron chi connectivity index (χ0n) is 10.6. The Hall–Kier alpha value is -1.90. The van der Waals surface area contributed by atoms with Crippen LogP contribution in [0.4, 0.5) is 5.69 Å². The highest BCUT2D eigenvalue weighted by Crippen LogP contribution is 2.18. The number of hydrogen-bond donors (Lipinski definition) is 2. The normalized spacial score (nSPS) is 10.3. The molecule has 0 spiro atoms. The number of nitrogens with zero attached hydrogens (tertiary/aromatic N) is 2. The number of aliphatic carboxylic acids is 1. The van der Waals surface area contributed by atoms with Gasteiger partial charge in [-0.25, -0.2) is 0 Å². The van der Waals surface area contributed by atoms with Crippen LogP contribution in [0.15, 0.2) is 30.6 Å². The molecule has 1 aromatic heterocycles. The van der Waals surface area contributed by atoms with Crippen molar-refractivity contribution in [2.45, 2.75) is 13.5 Å². The number of hydrogen-bond acceptors (Lipinski definition) is 3. The number of carbonyl (C=O) groups excluding carboxylic acids is 1. The number of anilines is 1. The standard InChI is InChI=1S/C13H12IN3O3/c1-8-3-2-4-10(12(8)14)13(20)16-9-5-15-17(6-9)7-11(18)19/h2-6H,7H2,1H3,(H,16,20)(H,18,19). The molecular formula is C13H12IN3O3. The molecule has 1 heterocycles. The van der Waals surface area contributed by atoms with Gasteiger partial charge in [-0.05, 0) is 41.1 Å². The first-order valence-corrected chi connectivity index (χ1v) is 6.86. The summed E-state index contributed by atoms with van der Waals surface area (Å²) in [6.07, 6.45) is 2.90. The zero-order valence-corrected chi connectivity index (χ0v) is 12.8. The summed E-state index contributed by atoms with van der Waals surface area (Å²) in [4.78, 5) is 22.7. The molecule has 1 aromatic carbocycles. The van der Waals surface area contributed by atoms with E-state index in [9.17, 15) is 9.59 Å². The van der Waals surface area contributed by atoms with Gasteiger partial charge in [-0.15, -0.1) is 0 Å². The van der Waals surface area contributed by atoms with Crippen molar-refractivity contribution in [1.82, 2.24) is 9.78 Å². The minimum absolute atomic E-state index is 0.238. The van der Waals surface area contributed by atoms with Crippen LogP contribution in [0.25, 0.3) is 0 Å². The number of carboxylic acids is 1. The van der Waals surface area contributed by atoms with Gasteiger partial charge < -0.3 is 10.4 Å². The number of aryl methyl sites for hydroxylation is 1. The second kappa shape index (κ2) is 6.04. The summed E-state index contributed by atoms with van der Waals surface area (Å²) in [5, 5.41) is 15.2. The summed E-state index contributed by atoms with van der Waals surface area (Å²) < 4.78 is 2.14. The molecule has 0 atom stereocenters. The lowest BCUT2D eigenvalue weighted by Gasteiger charge is -2.06. The van der Waals surface area contributed by atoms with E-state index in [1.54, 1.807) is 6.07 Å². The van der Waals surface area contributed by atoms with Gasteiger partial charge in [0.15, 0.2) is 0 Å². The van der Waals surface area contributed by atoms with Crippen LogP contribution in [0.3, 0.4) is 0 Å². The maximum Gasteiger partial charge on any atom is 0.325 e. The molecule has 0 bridgehead atoms. The van der Waals surface area contributed by atoms with E-state index >= 15 is 0 Å². The van der Waals surface area contributed by atoms with Crippen molar-refractivity contribution in [2.24, 2.45) is 0 Å². The lowest BCUT2D eigenvalue weighted by Crippen LogP contribution is -2.13. The molecule has 0 aliphatic carbocycles. The summed E-state index contributed by atoms with van der Waals surface area (Å²) in [5.74, 6) is -1.23. The molecule has 0 radical (unpaired) electrons. The van der Waals surface area contributed by atoms with Crippen molar-refractivity contribution in [3.05, 3.63) is 45.3 Å². The number of amides is 1. The van der Waals surface area contributed by atoms with Crippen molar-refractivity contribution in [3.8, 4) is 0 Å². The van der Waals surface area contributed by atoms with Gasteiger partial charge in [-0.1, -0.05) is 12.1 Å². The molecule has 0 saturated heterocycles. The van der Waals surface area contributed by atoms with Crippen molar-refractivity contribution in [1.29, 1.82) is 0 Å². The number of rotatable bonds is 4.